The summed E-state index contributed by atoms with van der Waals surface area (Å²) in [6, 6.07) is 11.2. The number of nitrogens with two attached hydrogens (primary N) is 2. The van der Waals surface area contributed by atoms with Gasteiger partial charge in [0.25, 0.3) is 0 Å². The molecule has 0 atom stereocenters. The first-order valence-electron chi connectivity index (χ1n) is 9.05. The molecule has 0 radical (unpaired) electrons. The van der Waals surface area contributed by atoms with Gasteiger partial charge in [0.15, 0.2) is 11.5 Å². The van der Waals surface area contributed by atoms with Crippen LogP contribution in [-0.2, 0) is 17.6 Å². The van der Waals surface area contributed by atoms with Crippen LogP contribution < -0.4 is 11.5 Å². The third-order valence-electron chi connectivity index (χ3n) is 4.94. The fourth-order valence-electron chi connectivity index (χ4n) is 3.08. The average Bonchev–Trinajstić information content (AvgIpc) is 3.35. The molecule has 1 aromatic carbocycles. The number of benzene rings is 1. The fraction of sp³-hybridized carbons (Fsp3) is 0.350. The molecule has 0 amide bonds. The molecule has 3 aromatic rings. The van der Waals surface area contributed by atoms with Crippen LogP contribution in [0.15, 0.2) is 42.6 Å². The summed E-state index contributed by atoms with van der Waals surface area (Å²) >= 11 is 5.63. The number of hydrogen-bond donors (Lipinski definition) is 4. The Hall–Kier alpha value is -2.48. The van der Waals surface area contributed by atoms with E-state index in [-0.39, 0.29) is 5.84 Å². The quantitative estimate of drug-likeness (QED) is 0.395. The van der Waals surface area contributed by atoms with Gasteiger partial charge in [-0.25, -0.2) is 0 Å². The Morgan fingerprint density at radius 1 is 1.25 bits per heavy atom. The molecule has 1 fully saturated rings. The standard InChI is InChI=1S/C13H17N5O.C7H8ClN/c1-12(2,19)8-4-3-7-18-9(8)16-17-11(18)13(5-6-13)10(14)15;8-7-3-1-6(5-9)2-4-7/h3-4,7,19H,5-6H2,1-2H3,(H3,14,15);1-4H,5,9H2. The Bertz CT molecular complexity index is 986. The second-order valence-corrected chi connectivity index (χ2v) is 7.96. The third kappa shape index (κ3) is 3.87. The number of rotatable bonds is 4. The predicted molar refractivity (Wildman–Crippen MR) is 110 cm³/mol. The van der Waals surface area contributed by atoms with Gasteiger partial charge in [-0.05, 0) is 50.5 Å². The number of nitrogens with zero attached hydrogens (tertiary/aromatic N) is 3. The lowest BCUT2D eigenvalue weighted by atomic mass is 9.99. The first-order valence-corrected chi connectivity index (χ1v) is 9.43. The van der Waals surface area contributed by atoms with Crippen molar-refractivity contribution in [1.29, 1.82) is 5.41 Å². The molecular formula is C20H25ClN6O. The van der Waals surface area contributed by atoms with Crippen molar-refractivity contribution < 1.29 is 5.11 Å². The van der Waals surface area contributed by atoms with E-state index in [1.54, 1.807) is 13.8 Å². The lowest BCUT2D eigenvalue weighted by molar-refractivity contribution is 0.0796. The summed E-state index contributed by atoms with van der Waals surface area (Å²) in [6.07, 6.45) is 3.51. The summed E-state index contributed by atoms with van der Waals surface area (Å²) in [7, 11) is 0. The normalized spacial score (nSPS) is 15.0. The zero-order chi connectivity index (χ0) is 20.5. The number of amidine groups is 1. The zero-order valence-corrected chi connectivity index (χ0v) is 16.7. The van der Waals surface area contributed by atoms with Gasteiger partial charge in [-0.3, -0.25) is 9.81 Å². The second kappa shape index (κ2) is 7.50. The topological polar surface area (TPSA) is 126 Å². The molecule has 1 aliphatic rings. The van der Waals surface area contributed by atoms with E-state index in [2.05, 4.69) is 10.2 Å². The molecule has 1 aliphatic carbocycles. The molecule has 0 spiro atoms. The van der Waals surface area contributed by atoms with Crippen LogP contribution in [-0.4, -0.2) is 25.5 Å². The van der Waals surface area contributed by atoms with E-state index in [4.69, 9.17) is 28.5 Å². The highest BCUT2D eigenvalue weighted by Gasteiger charge is 2.51. The van der Waals surface area contributed by atoms with E-state index in [1.165, 1.54) is 0 Å². The van der Waals surface area contributed by atoms with E-state index >= 15 is 0 Å². The van der Waals surface area contributed by atoms with Gasteiger partial charge >= 0.3 is 0 Å². The molecule has 148 valence electrons. The Morgan fingerprint density at radius 2 is 1.89 bits per heavy atom. The highest BCUT2D eigenvalue weighted by atomic mass is 35.5. The van der Waals surface area contributed by atoms with E-state index in [1.807, 2.05) is 47.0 Å². The molecular weight excluding hydrogens is 376 g/mol. The summed E-state index contributed by atoms with van der Waals surface area (Å²) in [5.41, 5.74) is 12.1. The first-order chi connectivity index (χ1) is 13.2. The monoisotopic (exact) mass is 400 g/mol. The van der Waals surface area contributed by atoms with Crippen LogP contribution in [0.5, 0.6) is 0 Å². The fourth-order valence-corrected chi connectivity index (χ4v) is 3.20. The molecule has 0 unspecified atom stereocenters. The van der Waals surface area contributed by atoms with Crippen LogP contribution in [0.25, 0.3) is 5.65 Å². The number of aromatic nitrogens is 3. The summed E-state index contributed by atoms with van der Waals surface area (Å²) in [5, 5.41) is 27.0. The van der Waals surface area contributed by atoms with Gasteiger partial charge in [0.1, 0.15) is 5.84 Å². The van der Waals surface area contributed by atoms with Crippen LogP contribution in [0.4, 0.5) is 0 Å². The van der Waals surface area contributed by atoms with Crippen molar-refractivity contribution in [2.75, 3.05) is 0 Å². The number of hydrogen-bond acceptors (Lipinski definition) is 5. The molecule has 4 rings (SSSR count). The number of nitrogens with one attached hydrogen (secondary N) is 1. The maximum absolute atomic E-state index is 10.2. The van der Waals surface area contributed by atoms with Crippen LogP contribution >= 0.6 is 11.6 Å². The van der Waals surface area contributed by atoms with Crippen molar-refractivity contribution in [3.8, 4) is 0 Å². The highest BCUT2D eigenvalue weighted by molar-refractivity contribution is 6.30. The second-order valence-electron chi connectivity index (χ2n) is 7.52. The summed E-state index contributed by atoms with van der Waals surface area (Å²) in [5.74, 6) is 0.830. The number of fused-ring (bicyclic) bond motifs is 1. The highest BCUT2D eigenvalue weighted by Crippen LogP contribution is 2.47. The number of halogens is 1. The maximum Gasteiger partial charge on any atom is 0.166 e. The average molecular weight is 401 g/mol. The minimum Gasteiger partial charge on any atom is -0.387 e. The molecule has 2 aromatic heterocycles. The van der Waals surface area contributed by atoms with Gasteiger partial charge in [0, 0.05) is 23.3 Å². The van der Waals surface area contributed by atoms with Crippen molar-refractivity contribution in [1.82, 2.24) is 14.6 Å². The SMILES string of the molecule is CC(C)(O)c1cccn2c(C3(C(=N)N)CC3)nnc12.NCc1ccc(Cl)cc1. The van der Waals surface area contributed by atoms with Crippen molar-refractivity contribution in [3.05, 3.63) is 64.6 Å². The van der Waals surface area contributed by atoms with E-state index in [0.29, 0.717) is 23.6 Å². The number of pyridine rings is 1. The van der Waals surface area contributed by atoms with Crippen LogP contribution in [0.2, 0.25) is 5.02 Å². The van der Waals surface area contributed by atoms with Crippen molar-refractivity contribution in [3.63, 3.8) is 0 Å². The number of aliphatic hydroxyl groups is 1. The molecule has 28 heavy (non-hydrogen) atoms. The molecule has 8 heteroatoms. The minimum atomic E-state index is -0.986. The van der Waals surface area contributed by atoms with Gasteiger partial charge in [-0.2, -0.15) is 0 Å². The molecule has 2 heterocycles. The maximum atomic E-state index is 10.2. The minimum absolute atomic E-state index is 0.135. The third-order valence-corrected chi connectivity index (χ3v) is 5.19. The largest absolute Gasteiger partial charge is 0.387 e. The van der Waals surface area contributed by atoms with Gasteiger partial charge in [-0.1, -0.05) is 29.8 Å². The predicted octanol–water partition coefficient (Wildman–Crippen LogP) is 2.72. The van der Waals surface area contributed by atoms with Gasteiger partial charge in [0.2, 0.25) is 0 Å². The molecule has 6 N–H and O–H groups in total. The van der Waals surface area contributed by atoms with E-state index < -0.39 is 11.0 Å². The lowest BCUT2D eigenvalue weighted by Gasteiger charge is -2.18. The van der Waals surface area contributed by atoms with Crippen LogP contribution in [0.3, 0.4) is 0 Å². The molecule has 0 saturated heterocycles. The van der Waals surface area contributed by atoms with Crippen molar-refractivity contribution in [2.24, 2.45) is 11.5 Å². The van der Waals surface area contributed by atoms with Crippen molar-refractivity contribution >= 4 is 23.1 Å². The Morgan fingerprint density at radius 3 is 2.39 bits per heavy atom. The molecule has 0 aliphatic heterocycles. The van der Waals surface area contributed by atoms with Gasteiger partial charge in [-0.15, -0.1) is 10.2 Å². The van der Waals surface area contributed by atoms with Crippen LogP contribution in [0, 0.1) is 5.41 Å². The van der Waals surface area contributed by atoms with Gasteiger partial charge in [0.05, 0.1) is 11.0 Å². The summed E-state index contributed by atoms with van der Waals surface area (Å²) in [6.45, 7) is 4.01. The molecule has 1 saturated carbocycles. The van der Waals surface area contributed by atoms with Crippen LogP contribution in [0.1, 0.15) is 43.6 Å². The smallest absolute Gasteiger partial charge is 0.166 e. The Balaban J connectivity index is 0.000000211. The Labute approximate surface area is 168 Å². The molecule has 0 bridgehead atoms. The first kappa shape index (κ1) is 20.3. The van der Waals surface area contributed by atoms with Crippen molar-refractivity contribution in [2.45, 2.75) is 44.2 Å². The zero-order valence-electron chi connectivity index (χ0n) is 16.0. The van der Waals surface area contributed by atoms with Gasteiger partial charge < -0.3 is 16.6 Å². The Kier molecular flexibility index (Phi) is 5.43. The summed E-state index contributed by atoms with van der Waals surface area (Å²) < 4.78 is 1.84. The lowest BCUT2D eigenvalue weighted by Crippen LogP contribution is -2.29. The van der Waals surface area contributed by atoms with E-state index in [9.17, 15) is 5.11 Å². The van der Waals surface area contributed by atoms with E-state index in [0.717, 1.165) is 23.4 Å². The molecule has 7 nitrogen and oxygen atoms in total. The summed E-state index contributed by atoms with van der Waals surface area (Å²) in [4.78, 5) is 0.